The van der Waals surface area contributed by atoms with Crippen molar-refractivity contribution in [1.29, 1.82) is 5.26 Å². The van der Waals surface area contributed by atoms with Gasteiger partial charge in [-0.2, -0.15) is 5.26 Å². The van der Waals surface area contributed by atoms with Crippen LogP contribution in [0.15, 0.2) is 29.2 Å². The molecule has 1 aliphatic carbocycles. The van der Waals surface area contributed by atoms with E-state index >= 15 is 0 Å². The molecule has 0 spiro atoms. The number of nitrogens with zero attached hydrogens (tertiary/aromatic N) is 1. The standard InChI is InChI=1S/C14H17NS/c1-11-6-3-4-8-13(11)16-14(10-15)9-5-7-12(14)2/h3-4,6,8,12H,5,7,9H2,1-2H3. The monoisotopic (exact) mass is 231 g/mol. The summed E-state index contributed by atoms with van der Waals surface area (Å²) < 4.78 is -0.188. The van der Waals surface area contributed by atoms with E-state index in [1.54, 1.807) is 11.8 Å². The largest absolute Gasteiger partial charge is 0.197 e. The van der Waals surface area contributed by atoms with Gasteiger partial charge in [-0.1, -0.05) is 31.5 Å². The Morgan fingerprint density at radius 3 is 2.75 bits per heavy atom. The topological polar surface area (TPSA) is 23.8 Å². The zero-order valence-electron chi connectivity index (χ0n) is 9.86. The van der Waals surface area contributed by atoms with Gasteiger partial charge in [-0.3, -0.25) is 0 Å². The predicted molar refractivity (Wildman–Crippen MR) is 68.4 cm³/mol. The first-order valence-electron chi connectivity index (χ1n) is 5.84. The molecule has 0 bridgehead atoms. The van der Waals surface area contributed by atoms with Crippen molar-refractivity contribution in [2.24, 2.45) is 5.92 Å². The summed E-state index contributed by atoms with van der Waals surface area (Å²) in [6.45, 7) is 4.33. The van der Waals surface area contributed by atoms with Gasteiger partial charge >= 0.3 is 0 Å². The summed E-state index contributed by atoms with van der Waals surface area (Å²) in [5.74, 6) is 0.502. The van der Waals surface area contributed by atoms with Crippen LogP contribution in [-0.4, -0.2) is 4.75 Å². The van der Waals surface area contributed by atoms with E-state index in [0.29, 0.717) is 5.92 Å². The first-order chi connectivity index (χ1) is 7.68. The molecule has 0 heterocycles. The fourth-order valence-electron chi connectivity index (χ4n) is 2.36. The lowest BCUT2D eigenvalue weighted by Gasteiger charge is -2.25. The molecule has 0 aliphatic heterocycles. The minimum Gasteiger partial charge on any atom is -0.197 e. The van der Waals surface area contributed by atoms with Crippen LogP contribution in [0.2, 0.25) is 0 Å². The highest BCUT2D eigenvalue weighted by atomic mass is 32.2. The Balaban J connectivity index is 2.27. The maximum Gasteiger partial charge on any atom is 0.110 e. The molecule has 1 fully saturated rings. The molecule has 2 rings (SSSR count). The van der Waals surface area contributed by atoms with Gasteiger partial charge in [-0.05, 0) is 37.3 Å². The Hall–Kier alpha value is -0.940. The maximum atomic E-state index is 9.47. The minimum atomic E-state index is -0.188. The molecule has 1 aliphatic rings. The first-order valence-corrected chi connectivity index (χ1v) is 6.65. The summed E-state index contributed by atoms with van der Waals surface area (Å²) >= 11 is 1.77. The van der Waals surface area contributed by atoms with E-state index in [9.17, 15) is 5.26 Å². The third-order valence-corrected chi connectivity index (χ3v) is 5.30. The summed E-state index contributed by atoms with van der Waals surface area (Å²) in [4.78, 5) is 1.26. The number of rotatable bonds is 2. The highest BCUT2D eigenvalue weighted by Gasteiger charge is 2.41. The van der Waals surface area contributed by atoms with E-state index in [4.69, 9.17) is 0 Å². The van der Waals surface area contributed by atoms with Crippen molar-refractivity contribution in [1.82, 2.24) is 0 Å². The van der Waals surface area contributed by atoms with E-state index in [1.807, 2.05) is 0 Å². The molecular formula is C14H17NS. The van der Waals surface area contributed by atoms with Gasteiger partial charge in [0.05, 0.1) is 6.07 Å². The Morgan fingerprint density at radius 2 is 2.19 bits per heavy atom. The van der Waals surface area contributed by atoms with Crippen LogP contribution < -0.4 is 0 Å². The lowest BCUT2D eigenvalue weighted by molar-refractivity contribution is 0.554. The number of thioether (sulfide) groups is 1. The molecule has 1 aromatic rings. The summed E-state index contributed by atoms with van der Waals surface area (Å²) in [6.07, 6.45) is 3.41. The van der Waals surface area contributed by atoms with E-state index < -0.39 is 0 Å². The molecule has 0 aromatic heterocycles. The van der Waals surface area contributed by atoms with Crippen molar-refractivity contribution < 1.29 is 0 Å². The molecule has 0 N–H and O–H groups in total. The molecule has 1 nitrogen and oxygen atoms in total. The van der Waals surface area contributed by atoms with Crippen LogP contribution in [0.4, 0.5) is 0 Å². The highest BCUT2D eigenvalue weighted by Crippen LogP contribution is 2.48. The second-order valence-electron chi connectivity index (χ2n) is 4.66. The van der Waals surface area contributed by atoms with Gasteiger partial charge < -0.3 is 0 Å². The normalized spacial score (nSPS) is 28.9. The zero-order valence-corrected chi connectivity index (χ0v) is 10.7. The molecule has 2 heteroatoms. The lowest BCUT2D eigenvalue weighted by Crippen LogP contribution is -2.25. The Kier molecular flexibility index (Phi) is 3.25. The van der Waals surface area contributed by atoms with E-state index in [-0.39, 0.29) is 4.75 Å². The van der Waals surface area contributed by atoms with Crippen molar-refractivity contribution >= 4 is 11.8 Å². The molecule has 1 aromatic carbocycles. The van der Waals surface area contributed by atoms with Crippen molar-refractivity contribution in [3.8, 4) is 6.07 Å². The van der Waals surface area contributed by atoms with Gasteiger partial charge in [-0.15, -0.1) is 11.8 Å². The second-order valence-corrected chi connectivity index (χ2v) is 6.03. The van der Waals surface area contributed by atoms with E-state index in [2.05, 4.69) is 44.2 Å². The number of hydrogen-bond donors (Lipinski definition) is 0. The fourth-order valence-corrected chi connectivity index (χ4v) is 3.74. The molecule has 2 atom stereocenters. The highest BCUT2D eigenvalue weighted by molar-refractivity contribution is 8.01. The van der Waals surface area contributed by atoms with Gasteiger partial charge in [0, 0.05) is 4.90 Å². The van der Waals surface area contributed by atoms with Crippen molar-refractivity contribution in [2.45, 2.75) is 42.8 Å². The van der Waals surface area contributed by atoms with E-state index in [0.717, 1.165) is 6.42 Å². The average molecular weight is 231 g/mol. The first kappa shape index (κ1) is 11.5. The fraction of sp³-hybridized carbons (Fsp3) is 0.500. The van der Waals surface area contributed by atoms with Crippen LogP contribution in [0, 0.1) is 24.2 Å². The van der Waals surface area contributed by atoms with E-state index in [1.165, 1.54) is 23.3 Å². The van der Waals surface area contributed by atoms with Crippen molar-refractivity contribution in [2.75, 3.05) is 0 Å². The smallest absolute Gasteiger partial charge is 0.110 e. The Morgan fingerprint density at radius 1 is 1.44 bits per heavy atom. The van der Waals surface area contributed by atoms with Gasteiger partial charge in [0.25, 0.3) is 0 Å². The van der Waals surface area contributed by atoms with Crippen LogP contribution in [-0.2, 0) is 0 Å². The molecule has 84 valence electrons. The van der Waals surface area contributed by atoms with Crippen LogP contribution >= 0.6 is 11.8 Å². The number of hydrogen-bond acceptors (Lipinski definition) is 2. The number of benzene rings is 1. The summed E-state index contributed by atoms with van der Waals surface area (Å²) in [7, 11) is 0. The summed E-state index contributed by atoms with van der Waals surface area (Å²) in [5.41, 5.74) is 1.28. The third kappa shape index (κ3) is 1.97. The molecule has 0 saturated heterocycles. The molecule has 2 unspecified atom stereocenters. The van der Waals surface area contributed by atoms with Crippen molar-refractivity contribution in [3.63, 3.8) is 0 Å². The predicted octanol–water partition coefficient (Wildman–Crippen LogP) is 4.17. The third-order valence-electron chi connectivity index (χ3n) is 3.56. The average Bonchev–Trinajstić information content (AvgIpc) is 2.64. The van der Waals surface area contributed by atoms with Crippen LogP contribution in [0.5, 0.6) is 0 Å². The summed E-state index contributed by atoms with van der Waals surface area (Å²) in [6, 6.07) is 10.9. The van der Waals surface area contributed by atoms with Gasteiger partial charge in [0.1, 0.15) is 4.75 Å². The van der Waals surface area contributed by atoms with Crippen LogP contribution in [0.1, 0.15) is 31.7 Å². The summed E-state index contributed by atoms with van der Waals surface area (Å²) in [5, 5.41) is 9.47. The quantitative estimate of drug-likeness (QED) is 0.762. The van der Waals surface area contributed by atoms with Crippen LogP contribution in [0.25, 0.3) is 0 Å². The molecule has 0 amide bonds. The molecular weight excluding hydrogens is 214 g/mol. The van der Waals surface area contributed by atoms with Gasteiger partial charge in [0.2, 0.25) is 0 Å². The molecule has 1 saturated carbocycles. The minimum absolute atomic E-state index is 0.188. The van der Waals surface area contributed by atoms with Gasteiger partial charge in [0.15, 0.2) is 0 Å². The number of aryl methyl sites for hydroxylation is 1. The SMILES string of the molecule is Cc1ccccc1SC1(C#N)CCCC1C. The molecule has 16 heavy (non-hydrogen) atoms. The van der Waals surface area contributed by atoms with Gasteiger partial charge in [-0.25, -0.2) is 0 Å². The zero-order chi connectivity index (χ0) is 11.6. The Labute approximate surface area is 102 Å². The number of nitriles is 1. The van der Waals surface area contributed by atoms with Crippen molar-refractivity contribution in [3.05, 3.63) is 29.8 Å². The maximum absolute atomic E-state index is 9.47. The van der Waals surface area contributed by atoms with Crippen LogP contribution in [0.3, 0.4) is 0 Å². The second kappa shape index (κ2) is 4.51. The molecule has 0 radical (unpaired) electrons. The Bertz CT molecular complexity index is 421. The lowest BCUT2D eigenvalue weighted by atomic mass is 9.99.